The van der Waals surface area contributed by atoms with E-state index in [9.17, 15) is 0 Å². The molecule has 1 heterocycles. The predicted molar refractivity (Wildman–Crippen MR) is 80.9 cm³/mol. The van der Waals surface area contributed by atoms with Crippen LogP contribution in [0.25, 0.3) is 11.3 Å². The van der Waals surface area contributed by atoms with Crippen LogP contribution in [-0.4, -0.2) is 4.98 Å². The number of allylic oxidation sites excluding steroid dienone is 1. The molecule has 2 rings (SSSR count). The zero-order valence-electron chi connectivity index (χ0n) is 9.57. The Hall–Kier alpha value is -1.16. The minimum absolute atomic E-state index is 1.00. The van der Waals surface area contributed by atoms with Gasteiger partial charge in [0, 0.05) is 15.3 Å². The molecule has 0 atom stereocenters. The normalized spacial score (nSPS) is 10.2. The van der Waals surface area contributed by atoms with Crippen molar-refractivity contribution in [3.8, 4) is 11.3 Å². The fourth-order valence-corrected chi connectivity index (χ4v) is 1.99. The monoisotopic (exact) mass is 335 g/mol. The second kappa shape index (κ2) is 5.96. The second-order valence-corrected chi connectivity index (χ2v) is 5.13. The molecular formula is C15H14IN. The van der Waals surface area contributed by atoms with E-state index in [2.05, 4.69) is 70.6 Å². The van der Waals surface area contributed by atoms with E-state index >= 15 is 0 Å². The molecule has 0 aliphatic carbocycles. The number of aromatic nitrogens is 1. The lowest BCUT2D eigenvalue weighted by Gasteiger charge is -2.03. The van der Waals surface area contributed by atoms with Crippen molar-refractivity contribution in [2.24, 2.45) is 0 Å². The molecule has 0 spiro atoms. The SMILES string of the molecule is C=CCCc1ccc(-c2ccc(I)cc2)nc1. The van der Waals surface area contributed by atoms with Gasteiger partial charge in [0.25, 0.3) is 0 Å². The molecule has 1 aromatic heterocycles. The summed E-state index contributed by atoms with van der Waals surface area (Å²) in [6, 6.07) is 12.6. The summed E-state index contributed by atoms with van der Waals surface area (Å²) < 4.78 is 1.24. The summed E-state index contributed by atoms with van der Waals surface area (Å²) in [5.41, 5.74) is 3.46. The molecule has 0 amide bonds. The maximum Gasteiger partial charge on any atom is 0.0702 e. The smallest absolute Gasteiger partial charge is 0.0702 e. The van der Waals surface area contributed by atoms with E-state index in [1.54, 1.807) is 0 Å². The van der Waals surface area contributed by atoms with Crippen molar-refractivity contribution < 1.29 is 0 Å². The van der Waals surface area contributed by atoms with Crippen molar-refractivity contribution in [1.82, 2.24) is 4.98 Å². The summed E-state index contributed by atoms with van der Waals surface area (Å²) in [5.74, 6) is 0. The summed E-state index contributed by atoms with van der Waals surface area (Å²) in [5, 5.41) is 0. The molecule has 0 unspecified atom stereocenters. The van der Waals surface area contributed by atoms with Crippen LogP contribution < -0.4 is 0 Å². The van der Waals surface area contributed by atoms with Gasteiger partial charge in [-0.1, -0.05) is 24.3 Å². The van der Waals surface area contributed by atoms with Crippen LogP contribution in [0.4, 0.5) is 0 Å². The third-order valence-electron chi connectivity index (χ3n) is 2.60. The fourth-order valence-electron chi connectivity index (χ4n) is 1.63. The summed E-state index contributed by atoms with van der Waals surface area (Å²) in [6.45, 7) is 3.73. The van der Waals surface area contributed by atoms with Gasteiger partial charge < -0.3 is 0 Å². The number of pyridine rings is 1. The van der Waals surface area contributed by atoms with Crippen LogP contribution in [0.1, 0.15) is 12.0 Å². The average molecular weight is 335 g/mol. The highest BCUT2D eigenvalue weighted by Crippen LogP contribution is 2.18. The molecule has 86 valence electrons. The Labute approximate surface area is 116 Å². The van der Waals surface area contributed by atoms with Gasteiger partial charge >= 0.3 is 0 Å². The van der Waals surface area contributed by atoms with E-state index in [1.807, 2.05) is 12.3 Å². The molecule has 17 heavy (non-hydrogen) atoms. The van der Waals surface area contributed by atoms with Crippen LogP contribution in [0.2, 0.25) is 0 Å². The number of rotatable bonds is 4. The number of hydrogen-bond acceptors (Lipinski definition) is 1. The zero-order valence-corrected chi connectivity index (χ0v) is 11.7. The van der Waals surface area contributed by atoms with Gasteiger partial charge in [-0.2, -0.15) is 0 Å². The zero-order chi connectivity index (χ0) is 12.1. The summed E-state index contributed by atoms with van der Waals surface area (Å²) in [6.07, 6.45) is 5.91. The van der Waals surface area contributed by atoms with Gasteiger partial charge in [0.05, 0.1) is 5.69 Å². The molecule has 2 aromatic rings. The van der Waals surface area contributed by atoms with Gasteiger partial charge in [-0.3, -0.25) is 4.98 Å². The number of aryl methyl sites for hydroxylation is 1. The minimum atomic E-state index is 1.00. The molecule has 0 aliphatic rings. The first-order valence-electron chi connectivity index (χ1n) is 5.61. The van der Waals surface area contributed by atoms with E-state index in [0.717, 1.165) is 18.5 Å². The summed E-state index contributed by atoms with van der Waals surface area (Å²) in [4.78, 5) is 4.49. The fraction of sp³-hybridized carbons (Fsp3) is 0.133. The van der Waals surface area contributed by atoms with Crippen molar-refractivity contribution in [2.45, 2.75) is 12.8 Å². The summed E-state index contributed by atoms with van der Waals surface area (Å²) >= 11 is 2.31. The molecule has 0 saturated carbocycles. The van der Waals surface area contributed by atoms with Crippen molar-refractivity contribution in [3.63, 3.8) is 0 Å². The van der Waals surface area contributed by atoms with Gasteiger partial charge in [-0.25, -0.2) is 0 Å². The van der Waals surface area contributed by atoms with E-state index in [4.69, 9.17) is 0 Å². The van der Waals surface area contributed by atoms with Crippen LogP contribution in [0.5, 0.6) is 0 Å². The van der Waals surface area contributed by atoms with Gasteiger partial charge in [-0.15, -0.1) is 6.58 Å². The van der Waals surface area contributed by atoms with Crippen molar-refractivity contribution in [2.75, 3.05) is 0 Å². The highest BCUT2D eigenvalue weighted by molar-refractivity contribution is 14.1. The standard InChI is InChI=1S/C15H14IN/c1-2-3-4-12-5-10-15(17-11-12)13-6-8-14(16)9-7-13/h2,5-11H,1,3-4H2. The van der Waals surface area contributed by atoms with E-state index in [-0.39, 0.29) is 0 Å². The third-order valence-corrected chi connectivity index (χ3v) is 3.32. The topological polar surface area (TPSA) is 12.9 Å². The van der Waals surface area contributed by atoms with Gasteiger partial charge in [0.15, 0.2) is 0 Å². The average Bonchev–Trinajstić information content (AvgIpc) is 2.38. The van der Waals surface area contributed by atoms with Gasteiger partial charge in [-0.05, 0) is 59.2 Å². The number of halogens is 1. The maximum atomic E-state index is 4.49. The second-order valence-electron chi connectivity index (χ2n) is 3.89. The number of hydrogen-bond donors (Lipinski definition) is 0. The van der Waals surface area contributed by atoms with Gasteiger partial charge in [0.1, 0.15) is 0 Å². The van der Waals surface area contributed by atoms with Crippen molar-refractivity contribution in [3.05, 3.63) is 64.4 Å². The maximum absolute atomic E-state index is 4.49. The molecule has 0 N–H and O–H groups in total. The lowest BCUT2D eigenvalue weighted by atomic mass is 10.1. The molecule has 1 aromatic carbocycles. The molecule has 2 heteroatoms. The largest absolute Gasteiger partial charge is 0.256 e. The third kappa shape index (κ3) is 3.40. The van der Waals surface area contributed by atoms with E-state index in [0.29, 0.717) is 0 Å². The molecule has 0 bridgehead atoms. The Morgan fingerprint density at radius 2 is 1.88 bits per heavy atom. The Bertz CT molecular complexity index is 485. The Morgan fingerprint density at radius 3 is 2.47 bits per heavy atom. The molecule has 0 fully saturated rings. The van der Waals surface area contributed by atoms with Crippen molar-refractivity contribution in [1.29, 1.82) is 0 Å². The molecule has 0 aliphatic heterocycles. The highest BCUT2D eigenvalue weighted by Gasteiger charge is 1.99. The number of nitrogens with zero attached hydrogens (tertiary/aromatic N) is 1. The minimum Gasteiger partial charge on any atom is -0.256 e. The quantitative estimate of drug-likeness (QED) is 0.593. The highest BCUT2D eigenvalue weighted by atomic mass is 127. The number of benzene rings is 1. The van der Waals surface area contributed by atoms with Crippen LogP contribution in [0, 0.1) is 3.57 Å². The molecule has 0 radical (unpaired) electrons. The van der Waals surface area contributed by atoms with Crippen LogP contribution >= 0.6 is 22.6 Å². The molecular weight excluding hydrogens is 321 g/mol. The summed E-state index contributed by atoms with van der Waals surface area (Å²) in [7, 11) is 0. The Kier molecular flexibility index (Phi) is 4.31. The predicted octanol–water partition coefficient (Wildman–Crippen LogP) is 4.47. The molecule has 0 saturated heterocycles. The van der Waals surface area contributed by atoms with E-state index < -0.39 is 0 Å². The lowest BCUT2D eigenvalue weighted by Crippen LogP contribution is -1.88. The first-order valence-corrected chi connectivity index (χ1v) is 6.69. The Morgan fingerprint density at radius 1 is 1.12 bits per heavy atom. The first kappa shape index (κ1) is 12.3. The van der Waals surface area contributed by atoms with E-state index in [1.165, 1.54) is 14.7 Å². The van der Waals surface area contributed by atoms with Crippen LogP contribution in [0.15, 0.2) is 55.3 Å². The Balaban J connectivity index is 2.17. The van der Waals surface area contributed by atoms with Crippen LogP contribution in [-0.2, 0) is 6.42 Å². The van der Waals surface area contributed by atoms with Crippen LogP contribution in [0.3, 0.4) is 0 Å². The first-order chi connectivity index (χ1) is 8.29. The van der Waals surface area contributed by atoms with Gasteiger partial charge in [0.2, 0.25) is 0 Å². The lowest BCUT2D eigenvalue weighted by molar-refractivity contribution is 0.991. The van der Waals surface area contributed by atoms with Crippen molar-refractivity contribution >= 4 is 22.6 Å². The molecule has 1 nitrogen and oxygen atoms in total.